The van der Waals surface area contributed by atoms with Crippen LogP contribution in [0.5, 0.6) is 0 Å². The van der Waals surface area contributed by atoms with Gasteiger partial charge in [-0.05, 0) is 18.9 Å². The highest BCUT2D eigenvalue weighted by molar-refractivity contribution is 5.83. The fourth-order valence-corrected chi connectivity index (χ4v) is 1.24. The zero-order valence-electron chi connectivity index (χ0n) is 8.90. The van der Waals surface area contributed by atoms with E-state index in [4.69, 9.17) is 0 Å². The van der Waals surface area contributed by atoms with E-state index in [1.165, 1.54) is 0 Å². The first-order valence-electron chi connectivity index (χ1n) is 4.60. The number of Topliss-reactive ketones (excluding diaryl/α,β-unsaturated/α-hetero) is 1. The van der Waals surface area contributed by atoms with Crippen LogP contribution in [0.1, 0.15) is 40.5 Å². The topological polar surface area (TPSA) is 29.1 Å². The average molecular weight is 171 g/mol. The Morgan fingerprint density at radius 1 is 1.42 bits per heavy atom. The molecule has 0 aromatic carbocycles. The zero-order chi connectivity index (χ0) is 9.78. The van der Waals surface area contributed by atoms with Gasteiger partial charge >= 0.3 is 0 Å². The second kappa shape index (κ2) is 4.61. The van der Waals surface area contributed by atoms with E-state index in [2.05, 4.69) is 26.1 Å². The van der Waals surface area contributed by atoms with Crippen LogP contribution < -0.4 is 5.32 Å². The highest BCUT2D eigenvalue weighted by atomic mass is 16.1. The highest BCUT2D eigenvalue weighted by Crippen LogP contribution is 2.21. The molecule has 0 fully saturated rings. The first-order valence-corrected chi connectivity index (χ1v) is 4.60. The number of likely N-dealkylation sites (N-methyl/N-ethyl adjacent to an activating group) is 1. The van der Waals surface area contributed by atoms with Crippen LogP contribution in [0.25, 0.3) is 0 Å². The Morgan fingerprint density at radius 2 is 1.92 bits per heavy atom. The standard InChI is InChI=1S/C10H21NO/c1-6-9(12)8(11-5)7-10(2,3)4/h8,11H,6-7H2,1-5H3/t8-/m1/s1. The molecule has 0 bridgehead atoms. The van der Waals surface area contributed by atoms with Gasteiger partial charge < -0.3 is 5.32 Å². The third-order valence-corrected chi connectivity index (χ3v) is 1.90. The average Bonchev–Trinajstić information content (AvgIpc) is 1.97. The van der Waals surface area contributed by atoms with Gasteiger partial charge in [0, 0.05) is 6.42 Å². The summed E-state index contributed by atoms with van der Waals surface area (Å²) in [6.07, 6.45) is 1.54. The summed E-state index contributed by atoms with van der Waals surface area (Å²) < 4.78 is 0. The van der Waals surface area contributed by atoms with Crippen LogP contribution in [-0.4, -0.2) is 18.9 Å². The van der Waals surface area contributed by atoms with E-state index in [9.17, 15) is 4.79 Å². The maximum atomic E-state index is 11.4. The number of hydrogen-bond donors (Lipinski definition) is 1. The lowest BCUT2D eigenvalue weighted by molar-refractivity contribution is -0.121. The SMILES string of the molecule is CCC(=O)[C@@H](CC(C)(C)C)NC. The van der Waals surface area contributed by atoms with Crippen molar-refractivity contribution in [2.75, 3.05) is 7.05 Å². The molecule has 0 aromatic rings. The molecule has 0 aliphatic rings. The molecule has 12 heavy (non-hydrogen) atoms. The molecule has 2 heteroatoms. The summed E-state index contributed by atoms with van der Waals surface area (Å²) in [6.45, 7) is 8.37. The second-order valence-electron chi connectivity index (χ2n) is 4.43. The molecule has 0 aliphatic carbocycles. The van der Waals surface area contributed by atoms with Crippen molar-refractivity contribution >= 4 is 5.78 Å². The zero-order valence-corrected chi connectivity index (χ0v) is 8.90. The van der Waals surface area contributed by atoms with Gasteiger partial charge in [-0.3, -0.25) is 4.79 Å². The van der Waals surface area contributed by atoms with E-state index in [-0.39, 0.29) is 11.5 Å². The molecule has 0 aliphatic heterocycles. The first-order chi connectivity index (χ1) is 5.40. The van der Waals surface area contributed by atoms with Gasteiger partial charge in [0.2, 0.25) is 0 Å². The number of hydrogen-bond acceptors (Lipinski definition) is 2. The lowest BCUT2D eigenvalue weighted by Crippen LogP contribution is -2.37. The van der Waals surface area contributed by atoms with Crippen LogP contribution in [0.2, 0.25) is 0 Å². The van der Waals surface area contributed by atoms with Crippen molar-refractivity contribution in [1.29, 1.82) is 0 Å². The minimum absolute atomic E-state index is 0.0370. The molecular formula is C10H21NO. The van der Waals surface area contributed by atoms with Gasteiger partial charge in [0.25, 0.3) is 0 Å². The Morgan fingerprint density at radius 3 is 2.17 bits per heavy atom. The molecule has 72 valence electrons. The summed E-state index contributed by atoms with van der Waals surface area (Å²) in [4.78, 5) is 11.4. The van der Waals surface area contributed by atoms with Gasteiger partial charge in [-0.15, -0.1) is 0 Å². The van der Waals surface area contributed by atoms with E-state index < -0.39 is 0 Å². The maximum Gasteiger partial charge on any atom is 0.149 e. The van der Waals surface area contributed by atoms with Crippen molar-refractivity contribution in [3.63, 3.8) is 0 Å². The minimum Gasteiger partial charge on any atom is -0.311 e. The molecule has 2 nitrogen and oxygen atoms in total. The molecule has 0 amide bonds. The molecule has 0 saturated heterocycles. The monoisotopic (exact) mass is 171 g/mol. The quantitative estimate of drug-likeness (QED) is 0.701. The smallest absolute Gasteiger partial charge is 0.149 e. The number of rotatable bonds is 4. The summed E-state index contributed by atoms with van der Waals surface area (Å²) in [5.74, 6) is 0.312. The summed E-state index contributed by atoms with van der Waals surface area (Å²) in [5.41, 5.74) is 0.221. The van der Waals surface area contributed by atoms with E-state index in [0.29, 0.717) is 12.2 Å². The predicted molar refractivity (Wildman–Crippen MR) is 52.2 cm³/mol. The molecule has 0 spiro atoms. The van der Waals surface area contributed by atoms with E-state index in [1.54, 1.807) is 0 Å². The highest BCUT2D eigenvalue weighted by Gasteiger charge is 2.21. The summed E-state index contributed by atoms with van der Waals surface area (Å²) in [6, 6.07) is 0.0370. The van der Waals surface area contributed by atoms with Gasteiger partial charge in [0.15, 0.2) is 0 Å². The molecule has 0 rings (SSSR count). The summed E-state index contributed by atoms with van der Waals surface area (Å²) in [5, 5.41) is 3.06. The van der Waals surface area contributed by atoms with Crippen LogP contribution >= 0.6 is 0 Å². The normalized spacial score (nSPS) is 14.4. The van der Waals surface area contributed by atoms with Gasteiger partial charge in [0.05, 0.1) is 6.04 Å². The Hall–Kier alpha value is -0.370. The van der Waals surface area contributed by atoms with Crippen LogP contribution in [0.15, 0.2) is 0 Å². The van der Waals surface area contributed by atoms with Crippen molar-refractivity contribution in [3.8, 4) is 0 Å². The lowest BCUT2D eigenvalue weighted by Gasteiger charge is -2.24. The fourth-order valence-electron chi connectivity index (χ4n) is 1.24. The van der Waals surface area contributed by atoms with Gasteiger partial charge in [-0.1, -0.05) is 27.7 Å². The van der Waals surface area contributed by atoms with E-state index in [0.717, 1.165) is 6.42 Å². The van der Waals surface area contributed by atoms with Crippen molar-refractivity contribution in [2.45, 2.75) is 46.6 Å². The number of carbonyl (C=O) groups excluding carboxylic acids is 1. The largest absolute Gasteiger partial charge is 0.311 e. The fraction of sp³-hybridized carbons (Fsp3) is 0.900. The molecule has 1 atom stereocenters. The second-order valence-corrected chi connectivity index (χ2v) is 4.43. The number of nitrogens with one attached hydrogen (secondary N) is 1. The van der Waals surface area contributed by atoms with Crippen LogP contribution in [-0.2, 0) is 4.79 Å². The van der Waals surface area contributed by atoms with Crippen LogP contribution in [0, 0.1) is 5.41 Å². The lowest BCUT2D eigenvalue weighted by atomic mass is 9.86. The number of carbonyl (C=O) groups is 1. The van der Waals surface area contributed by atoms with Crippen molar-refractivity contribution in [3.05, 3.63) is 0 Å². The molecular weight excluding hydrogens is 150 g/mol. The van der Waals surface area contributed by atoms with Gasteiger partial charge in [0.1, 0.15) is 5.78 Å². The third-order valence-electron chi connectivity index (χ3n) is 1.90. The van der Waals surface area contributed by atoms with Gasteiger partial charge in [-0.2, -0.15) is 0 Å². The summed E-state index contributed by atoms with van der Waals surface area (Å²) in [7, 11) is 1.85. The van der Waals surface area contributed by atoms with Crippen molar-refractivity contribution in [1.82, 2.24) is 5.32 Å². The third kappa shape index (κ3) is 4.50. The van der Waals surface area contributed by atoms with Crippen LogP contribution in [0.4, 0.5) is 0 Å². The minimum atomic E-state index is 0.0370. The molecule has 0 heterocycles. The molecule has 0 aromatic heterocycles. The Kier molecular flexibility index (Phi) is 4.46. The Labute approximate surface area is 75.7 Å². The Bertz CT molecular complexity index is 146. The van der Waals surface area contributed by atoms with Gasteiger partial charge in [-0.25, -0.2) is 0 Å². The van der Waals surface area contributed by atoms with E-state index in [1.807, 2.05) is 14.0 Å². The number of ketones is 1. The maximum absolute atomic E-state index is 11.4. The molecule has 0 saturated carbocycles. The molecule has 1 N–H and O–H groups in total. The Balaban J connectivity index is 4.09. The van der Waals surface area contributed by atoms with Crippen LogP contribution in [0.3, 0.4) is 0 Å². The first kappa shape index (κ1) is 11.6. The summed E-state index contributed by atoms with van der Waals surface area (Å²) >= 11 is 0. The van der Waals surface area contributed by atoms with Crippen molar-refractivity contribution < 1.29 is 4.79 Å². The predicted octanol–water partition coefficient (Wildman–Crippen LogP) is 1.99. The van der Waals surface area contributed by atoms with E-state index >= 15 is 0 Å². The molecule has 0 unspecified atom stereocenters. The van der Waals surface area contributed by atoms with Crippen molar-refractivity contribution in [2.24, 2.45) is 5.41 Å². The molecule has 0 radical (unpaired) electrons.